The van der Waals surface area contributed by atoms with E-state index in [9.17, 15) is 14.4 Å². The van der Waals surface area contributed by atoms with Crippen LogP contribution in [-0.2, 0) is 9.59 Å². The van der Waals surface area contributed by atoms with Gasteiger partial charge >= 0.3 is 0 Å². The molecule has 0 bridgehead atoms. The minimum Gasteiger partial charge on any atom is -0.325 e. The fourth-order valence-corrected chi connectivity index (χ4v) is 4.31. The van der Waals surface area contributed by atoms with Gasteiger partial charge in [0.25, 0.3) is 11.8 Å². The molecule has 0 aliphatic heterocycles. The molecule has 0 saturated heterocycles. The predicted octanol–water partition coefficient (Wildman–Crippen LogP) is 6.79. The zero-order chi connectivity index (χ0) is 27.6. The maximum atomic E-state index is 13.2. The maximum Gasteiger partial charge on any atom is 0.272 e. The number of aryl methyl sites for hydroxylation is 1. The monoisotopic (exact) mass is 555 g/mol. The average molecular weight is 556 g/mol. The molecule has 0 aliphatic rings. The van der Waals surface area contributed by atoms with E-state index in [1.165, 1.54) is 11.8 Å². The molecule has 0 atom stereocenters. The number of benzene rings is 4. The second-order valence-electron chi connectivity index (χ2n) is 8.61. The van der Waals surface area contributed by atoms with Gasteiger partial charge in [-0.2, -0.15) is 0 Å². The van der Waals surface area contributed by atoms with Gasteiger partial charge in [-0.1, -0.05) is 59.6 Å². The molecule has 3 amide bonds. The molecule has 6 nitrogen and oxygen atoms in total. The first-order valence-electron chi connectivity index (χ1n) is 12.1. The van der Waals surface area contributed by atoms with Crippen LogP contribution in [0.5, 0.6) is 0 Å². The Morgan fingerprint density at radius 1 is 0.769 bits per heavy atom. The van der Waals surface area contributed by atoms with Crippen molar-refractivity contribution in [1.29, 1.82) is 0 Å². The van der Waals surface area contributed by atoms with Gasteiger partial charge in [0.15, 0.2) is 0 Å². The molecule has 0 fully saturated rings. The van der Waals surface area contributed by atoms with Gasteiger partial charge in [-0.25, -0.2) is 0 Å². The minimum absolute atomic E-state index is 0.116. The third kappa shape index (κ3) is 8.60. The first-order valence-corrected chi connectivity index (χ1v) is 13.5. The number of anilines is 2. The fraction of sp³-hybridized carbons (Fsp3) is 0.0645. The standard InChI is InChI=1S/C31H26ClN3O3S/c1-21-7-9-22(10-8-21)19-28(35-30(37)23-5-3-2-4-6-23)31(38)34-26-15-17-27(18-16-26)39-20-29(36)33-25-13-11-24(32)12-14-25/h2-19H,20H2,1H3,(H,33,36)(H,34,38)(H,35,37)/b28-19-. The summed E-state index contributed by atoms with van der Waals surface area (Å²) >= 11 is 7.25. The summed E-state index contributed by atoms with van der Waals surface area (Å²) in [6.45, 7) is 1.98. The van der Waals surface area contributed by atoms with E-state index < -0.39 is 5.91 Å². The topological polar surface area (TPSA) is 87.3 Å². The van der Waals surface area contributed by atoms with Crippen LogP contribution in [0.2, 0.25) is 5.02 Å². The van der Waals surface area contributed by atoms with Gasteiger partial charge in [0.05, 0.1) is 5.75 Å². The van der Waals surface area contributed by atoms with Gasteiger partial charge < -0.3 is 16.0 Å². The Balaban J connectivity index is 1.39. The van der Waals surface area contributed by atoms with Crippen molar-refractivity contribution >= 4 is 58.5 Å². The van der Waals surface area contributed by atoms with Crippen LogP contribution in [0.3, 0.4) is 0 Å². The number of carbonyl (C=O) groups excluding carboxylic acids is 3. The first-order chi connectivity index (χ1) is 18.9. The van der Waals surface area contributed by atoms with Crippen molar-refractivity contribution in [3.63, 3.8) is 0 Å². The van der Waals surface area contributed by atoms with Crippen LogP contribution < -0.4 is 16.0 Å². The summed E-state index contributed by atoms with van der Waals surface area (Å²) in [6.07, 6.45) is 1.64. The molecule has 0 spiro atoms. The quantitative estimate of drug-likeness (QED) is 0.157. The van der Waals surface area contributed by atoms with E-state index in [-0.39, 0.29) is 23.3 Å². The van der Waals surface area contributed by atoms with Gasteiger partial charge in [0.1, 0.15) is 5.70 Å². The number of hydrogen-bond acceptors (Lipinski definition) is 4. The summed E-state index contributed by atoms with van der Waals surface area (Å²) in [7, 11) is 0. The highest BCUT2D eigenvalue weighted by atomic mass is 35.5. The van der Waals surface area contributed by atoms with Gasteiger partial charge in [-0.05, 0) is 79.2 Å². The summed E-state index contributed by atoms with van der Waals surface area (Å²) in [5.41, 5.74) is 3.66. The Bertz CT molecular complexity index is 1470. The fourth-order valence-electron chi connectivity index (χ4n) is 3.48. The highest BCUT2D eigenvalue weighted by Crippen LogP contribution is 2.22. The van der Waals surface area contributed by atoms with Gasteiger partial charge in [0.2, 0.25) is 5.91 Å². The third-order valence-electron chi connectivity index (χ3n) is 5.53. The van der Waals surface area contributed by atoms with Gasteiger partial charge in [-0.15, -0.1) is 11.8 Å². The van der Waals surface area contributed by atoms with Crippen molar-refractivity contribution in [2.75, 3.05) is 16.4 Å². The molecule has 3 N–H and O–H groups in total. The van der Waals surface area contributed by atoms with E-state index in [1.54, 1.807) is 66.7 Å². The van der Waals surface area contributed by atoms with E-state index in [0.29, 0.717) is 22.0 Å². The Labute approximate surface area is 236 Å². The molecular formula is C31H26ClN3O3S. The van der Waals surface area contributed by atoms with Crippen molar-refractivity contribution < 1.29 is 14.4 Å². The summed E-state index contributed by atoms with van der Waals surface area (Å²) in [5, 5.41) is 9.00. The van der Waals surface area contributed by atoms with E-state index in [1.807, 2.05) is 49.4 Å². The van der Waals surface area contributed by atoms with Crippen LogP contribution in [-0.4, -0.2) is 23.5 Å². The molecule has 0 saturated carbocycles. The number of halogens is 1. The molecule has 0 unspecified atom stereocenters. The third-order valence-corrected chi connectivity index (χ3v) is 6.79. The summed E-state index contributed by atoms with van der Waals surface area (Å²) < 4.78 is 0. The van der Waals surface area contributed by atoms with Crippen molar-refractivity contribution in [2.45, 2.75) is 11.8 Å². The largest absolute Gasteiger partial charge is 0.325 e. The molecule has 0 radical (unpaired) electrons. The number of thioether (sulfide) groups is 1. The molecule has 4 rings (SSSR count). The highest BCUT2D eigenvalue weighted by Gasteiger charge is 2.15. The first kappa shape index (κ1) is 27.7. The zero-order valence-electron chi connectivity index (χ0n) is 21.1. The number of carbonyl (C=O) groups is 3. The van der Waals surface area contributed by atoms with Crippen molar-refractivity contribution in [1.82, 2.24) is 5.32 Å². The lowest BCUT2D eigenvalue weighted by Gasteiger charge is -2.12. The second-order valence-corrected chi connectivity index (χ2v) is 10.1. The van der Waals surface area contributed by atoms with Crippen LogP contribution >= 0.6 is 23.4 Å². The summed E-state index contributed by atoms with van der Waals surface area (Å²) in [6, 6.07) is 30.4. The lowest BCUT2D eigenvalue weighted by atomic mass is 10.1. The lowest BCUT2D eigenvalue weighted by molar-refractivity contribution is -0.114. The summed E-state index contributed by atoms with van der Waals surface area (Å²) in [5.74, 6) is -0.751. The van der Waals surface area contributed by atoms with Crippen molar-refractivity contribution in [3.8, 4) is 0 Å². The Kier molecular flexibility index (Phi) is 9.56. The molecule has 4 aromatic carbocycles. The lowest BCUT2D eigenvalue weighted by Crippen LogP contribution is -2.30. The van der Waals surface area contributed by atoms with E-state index >= 15 is 0 Å². The van der Waals surface area contributed by atoms with Crippen LogP contribution in [0.15, 0.2) is 114 Å². The Morgan fingerprint density at radius 2 is 1.38 bits per heavy atom. The average Bonchev–Trinajstić information content (AvgIpc) is 2.95. The van der Waals surface area contributed by atoms with Crippen LogP contribution in [0.25, 0.3) is 6.08 Å². The normalized spacial score (nSPS) is 11.0. The SMILES string of the molecule is Cc1ccc(/C=C(\NC(=O)c2ccccc2)C(=O)Nc2ccc(SCC(=O)Nc3ccc(Cl)cc3)cc2)cc1. The molecule has 0 heterocycles. The zero-order valence-corrected chi connectivity index (χ0v) is 22.7. The van der Waals surface area contributed by atoms with Crippen LogP contribution in [0.4, 0.5) is 11.4 Å². The van der Waals surface area contributed by atoms with E-state index in [2.05, 4.69) is 16.0 Å². The number of nitrogens with one attached hydrogen (secondary N) is 3. The molecule has 0 aromatic heterocycles. The smallest absolute Gasteiger partial charge is 0.272 e. The number of hydrogen-bond donors (Lipinski definition) is 3. The Hall–Kier alpha value is -4.33. The Morgan fingerprint density at radius 3 is 2.05 bits per heavy atom. The molecule has 196 valence electrons. The van der Waals surface area contributed by atoms with Crippen molar-refractivity contribution in [3.05, 3.63) is 131 Å². The molecule has 8 heteroatoms. The van der Waals surface area contributed by atoms with Crippen molar-refractivity contribution in [2.24, 2.45) is 0 Å². The minimum atomic E-state index is -0.456. The molecule has 4 aromatic rings. The number of rotatable bonds is 9. The highest BCUT2D eigenvalue weighted by molar-refractivity contribution is 8.00. The second kappa shape index (κ2) is 13.5. The van der Waals surface area contributed by atoms with E-state index in [0.717, 1.165) is 16.0 Å². The molecule has 39 heavy (non-hydrogen) atoms. The van der Waals surface area contributed by atoms with Gasteiger partial charge in [-0.3, -0.25) is 14.4 Å². The maximum absolute atomic E-state index is 13.2. The molecule has 0 aliphatic carbocycles. The van der Waals surface area contributed by atoms with Gasteiger partial charge in [0, 0.05) is 26.9 Å². The number of amides is 3. The predicted molar refractivity (Wildman–Crippen MR) is 159 cm³/mol. The van der Waals surface area contributed by atoms with Crippen LogP contribution in [0, 0.1) is 6.92 Å². The summed E-state index contributed by atoms with van der Waals surface area (Å²) in [4.78, 5) is 39.1. The van der Waals surface area contributed by atoms with Crippen LogP contribution in [0.1, 0.15) is 21.5 Å². The molecular weight excluding hydrogens is 530 g/mol. The van der Waals surface area contributed by atoms with E-state index in [4.69, 9.17) is 11.6 Å².